The molecule has 0 spiro atoms. The van der Waals surface area contributed by atoms with Crippen molar-refractivity contribution in [3.8, 4) is 0 Å². The van der Waals surface area contributed by atoms with Crippen molar-refractivity contribution in [3.63, 3.8) is 0 Å². The highest BCUT2D eigenvalue weighted by molar-refractivity contribution is 5.78. The summed E-state index contributed by atoms with van der Waals surface area (Å²) in [4.78, 5) is 19.2. The number of likely N-dealkylation sites (tertiary alicyclic amines) is 1. The molecule has 2 rings (SSSR count). The summed E-state index contributed by atoms with van der Waals surface area (Å²) < 4.78 is 0. The van der Waals surface area contributed by atoms with Gasteiger partial charge in [-0.25, -0.2) is 0 Å². The molecule has 2 fully saturated rings. The normalized spacial score (nSPS) is 29.0. The number of nitrogens with zero attached hydrogens (tertiary/aromatic N) is 3. The molecule has 0 unspecified atom stereocenters. The van der Waals surface area contributed by atoms with Crippen LogP contribution in [-0.2, 0) is 4.79 Å². The number of hydrogen-bond donors (Lipinski definition) is 1. The predicted octanol–water partition coefficient (Wildman–Crippen LogP) is 0.633. The fraction of sp³-hybridized carbons (Fsp3) is 0.938. The van der Waals surface area contributed by atoms with Crippen LogP contribution < -0.4 is 0 Å². The lowest BCUT2D eigenvalue weighted by Crippen LogP contribution is -2.44. The van der Waals surface area contributed by atoms with E-state index >= 15 is 0 Å². The summed E-state index contributed by atoms with van der Waals surface area (Å²) in [6.45, 7) is 10.4. The number of hydrogen-bond acceptors (Lipinski definition) is 4. The van der Waals surface area contributed by atoms with Crippen molar-refractivity contribution in [1.82, 2.24) is 14.7 Å². The lowest BCUT2D eigenvalue weighted by molar-refractivity contribution is -0.133. The number of aliphatic hydroxyl groups excluding tert-OH is 1. The minimum absolute atomic E-state index is 0.00455. The summed E-state index contributed by atoms with van der Waals surface area (Å²) in [5.41, 5.74) is 0.00455. The molecule has 21 heavy (non-hydrogen) atoms. The monoisotopic (exact) mass is 297 g/mol. The Morgan fingerprint density at radius 3 is 2.71 bits per heavy atom. The average Bonchev–Trinajstić information content (AvgIpc) is 2.66. The second-order valence-corrected chi connectivity index (χ2v) is 7.56. The molecule has 0 radical (unpaired) electrons. The molecule has 0 aromatic heterocycles. The fourth-order valence-corrected chi connectivity index (χ4v) is 3.47. The van der Waals surface area contributed by atoms with E-state index in [-0.39, 0.29) is 17.4 Å². The Hall–Kier alpha value is -0.650. The first-order chi connectivity index (χ1) is 9.85. The van der Waals surface area contributed by atoms with Gasteiger partial charge in [0.2, 0.25) is 5.91 Å². The maximum Gasteiger partial charge on any atom is 0.236 e. The molecule has 0 aromatic rings. The van der Waals surface area contributed by atoms with E-state index in [1.807, 2.05) is 4.90 Å². The number of likely N-dealkylation sites (N-methyl/N-ethyl adjacent to an activating group) is 1. The van der Waals surface area contributed by atoms with Crippen LogP contribution in [-0.4, -0.2) is 84.7 Å². The lowest BCUT2D eigenvalue weighted by atomic mass is 9.87. The number of rotatable bonds is 2. The van der Waals surface area contributed by atoms with Gasteiger partial charge in [-0.3, -0.25) is 9.69 Å². The summed E-state index contributed by atoms with van der Waals surface area (Å²) in [5, 5.41) is 9.96. The highest BCUT2D eigenvalue weighted by Gasteiger charge is 2.31. The van der Waals surface area contributed by atoms with Gasteiger partial charge in [-0.05, 0) is 44.8 Å². The second-order valence-electron chi connectivity index (χ2n) is 7.56. The largest absolute Gasteiger partial charge is 0.393 e. The molecule has 0 saturated carbocycles. The zero-order valence-electron chi connectivity index (χ0n) is 13.8. The summed E-state index contributed by atoms with van der Waals surface area (Å²) in [6.07, 6.45) is 2.35. The second kappa shape index (κ2) is 7.07. The van der Waals surface area contributed by atoms with E-state index < -0.39 is 0 Å². The zero-order chi connectivity index (χ0) is 15.5. The quantitative estimate of drug-likeness (QED) is 0.812. The van der Waals surface area contributed by atoms with E-state index in [0.29, 0.717) is 19.5 Å². The molecule has 1 amide bonds. The van der Waals surface area contributed by atoms with Gasteiger partial charge in [-0.2, -0.15) is 0 Å². The van der Waals surface area contributed by atoms with Crippen LogP contribution in [0.3, 0.4) is 0 Å². The Kier molecular flexibility index (Phi) is 5.63. The van der Waals surface area contributed by atoms with E-state index in [9.17, 15) is 9.90 Å². The maximum absolute atomic E-state index is 12.6. The van der Waals surface area contributed by atoms with Gasteiger partial charge in [0.25, 0.3) is 0 Å². The van der Waals surface area contributed by atoms with E-state index in [4.69, 9.17) is 0 Å². The molecule has 5 nitrogen and oxygen atoms in total. The van der Waals surface area contributed by atoms with E-state index in [1.54, 1.807) is 0 Å². The van der Waals surface area contributed by atoms with Crippen molar-refractivity contribution in [1.29, 1.82) is 0 Å². The van der Waals surface area contributed by atoms with Crippen LogP contribution >= 0.6 is 0 Å². The number of amides is 1. The number of carbonyl (C=O) groups is 1. The van der Waals surface area contributed by atoms with Crippen LogP contribution in [0.1, 0.15) is 33.1 Å². The third kappa shape index (κ3) is 5.24. The fourth-order valence-electron chi connectivity index (χ4n) is 3.47. The molecule has 122 valence electrons. The Morgan fingerprint density at radius 2 is 1.95 bits per heavy atom. The molecule has 1 atom stereocenters. The van der Waals surface area contributed by atoms with E-state index in [1.165, 1.54) is 0 Å². The molecular weight excluding hydrogens is 266 g/mol. The first kappa shape index (κ1) is 16.7. The van der Waals surface area contributed by atoms with Crippen molar-refractivity contribution in [2.24, 2.45) is 5.41 Å². The van der Waals surface area contributed by atoms with Gasteiger partial charge < -0.3 is 14.9 Å². The molecule has 2 aliphatic heterocycles. The molecule has 5 heteroatoms. The summed E-state index contributed by atoms with van der Waals surface area (Å²) in [5.74, 6) is 0.224. The van der Waals surface area contributed by atoms with Crippen LogP contribution in [0.5, 0.6) is 0 Å². The summed E-state index contributed by atoms with van der Waals surface area (Å²) in [7, 11) is 2.14. The third-order valence-electron chi connectivity index (χ3n) is 4.66. The minimum atomic E-state index is -0.273. The molecule has 0 aliphatic carbocycles. The highest BCUT2D eigenvalue weighted by atomic mass is 16.3. The van der Waals surface area contributed by atoms with Gasteiger partial charge in [0.1, 0.15) is 0 Å². The molecule has 2 heterocycles. The standard InChI is InChI=1S/C16H31N3O2/c1-16(2)11-14(20)5-8-19(13-16)15(21)12-18-7-4-6-17(3)9-10-18/h14,20H,4-13H2,1-3H3/t14-/m0/s1. The first-order valence-corrected chi connectivity index (χ1v) is 8.22. The van der Waals surface area contributed by atoms with Gasteiger partial charge in [-0.15, -0.1) is 0 Å². The third-order valence-corrected chi connectivity index (χ3v) is 4.66. The van der Waals surface area contributed by atoms with Crippen molar-refractivity contribution in [3.05, 3.63) is 0 Å². The van der Waals surface area contributed by atoms with Gasteiger partial charge in [0, 0.05) is 26.2 Å². The molecule has 1 N–H and O–H groups in total. The van der Waals surface area contributed by atoms with Gasteiger partial charge >= 0.3 is 0 Å². The van der Waals surface area contributed by atoms with Crippen LogP contribution in [0, 0.1) is 5.41 Å². The minimum Gasteiger partial charge on any atom is -0.393 e. The maximum atomic E-state index is 12.6. The van der Waals surface area contributed by atoms with E-state index in [0.717, 1.165) is 45.6 Å². The Labute approximate surface area is 128 Å². The molecule has 0 bridgehead atoms. The number of aliphatic hydroxyl groups is 1. The van der Waals surface area contributed by atoms with Gasteiger partial charge in [0.05, 0.1) is 12.6 Å². The Morgan fingerprint density at radius 1 is 1.19 bits per heavy atom. The van der Waals surface area contributed by atoms with Crippen LogP contribution in [0.15, 0.2) is 0 Å². The Balaban J connectivity index is 1.89. The summed E-state index contributed by atoms with van der Waals surface area (Å²) in [6, 6.07) is 0. The topological polar surface area (TPSA) is 47.0 Å². The van der Waals surface area contributed by atoms with Crippen molar-refractivity contribution in [2.75, 3.05) is 52.9 Å². The molecule has 2 saturated heterocycles. The van der Waals surface area contributed by atoms with Crippen LogP contribution in [0.4, 0.5) is 0 Å². The van der Waals surface area contributed by atoms with Crippen molar-refractivity contribution >= 4 is 5.91 Å². The van der Waals surface area contributed by atoms with Crippen molar-refractivity contribution in [2.45, 2.75) is 39.2 Å². The first-order valence-electron chi connectivity index (χ1n) is 8.22. The lowest BCUT2D eigenvalue weighted by Gasteiger charge is -2.31. The Bertz CT molecular complexity index is 359. The number of carbonyl (C=O) groups excluding carboxylic acids is 1. The van der Waals surface area contributed by atoms with Crippen LogP contribution in [0.25, 0.3) is 0 Å². The van der Waals surface area contributed by atoms with E-state index in [2.05, 4.69) is 30.7 Å². The summed E-state index contributed by atoms with van der Waals surface area (Å²) >= 11 is 0. The van der Waals surface area contributed by atoms with Gasteiger partial charge in [0.15, 0.2) is 0 Å². The molecule has 0 aromatic carbocycles. The van der Waals surface area contributed by atoms with Crippen molar-refractivity contribution < 1.29 is 9.90 Å². The average molecular weight is 297 g/mol. The van der Waals surface area contributed by atoms with Crippen LogP contribution in [0.2, 0.25) is 0 Å². The zero-order valence-corrected chi connectivity index (χ0v) is 13.8. The smallest absolute Gasteiger partial charge is 0.236 e. The molecule has 2 aliphatic rings. The van der Waals surface area contributed by atoms with Gasteiger partial charge in [-0.1, -0.05) is 13.8 Å². The molecular formula is C16H31N3O2. The SMILES string of the molecule is CN1CCCN(CC(=O)N2CC[C@H](O)CC(C)(C)C2)CC1. The predicted molar refractivity (Wildman–Crippen MR) is 84.2 cm³/mol. The highest BCUT2D eigenvalue weighted by Crippen LogP contribution is 2.28.